The van der Waals surface area contributed by atoms with Crippen LogP contribution in [0.4, 0.5) is 0 Å². The third-order valence-electron chi connectivity index (χ3n) is 2.80. The zero-order valence-corrected chi connectivity index (χ0v) is 10.4. The number of hydrogen-bond acceptors (Lipinski definition) is 2. The zero-order chi connectivity index (χ0) is 9.97. The van der Waals surface area contributed by atoms with Gasteiger partial charge in [-0.05, 0) is 41.8 Å². The Kier molecular flexibility index (Phi) is 3.52. The fraction of sp³-hybridized carbons (Fsp3) is 0.455. The molecule has 2 atom stereocenters. The van der Waals surface area contributed by atoms with Gasteiger partial charge in [-0.15, -0.1) is 0 Å². The normalized spacial score (nSPS) is 26.7. The Morgan fingerprint density at radius 3 is 2.64 bits per heavy atom. The number of rotatable bonds is 2. The molecule has 2 rings (SSSR count). The molecular weight excluding hydrogens is 258 g/mol. The van der Waals surface area contributed by atoms with Crippen LogP contribution in [0.25, 0.3) is 0 Å². The molecule has 0 aromatic heterocycles. The molecule has 1 aliphatic rings. The number of nitrogens with two attached hydrogens (primary N) is 1. The van der Waals surface area contributed by atoms with E-state index in [0.717, 1.165) is 11.0 Å². The number of benzene rings is 1. The summed E-state index contributed by atoms with van der Waals surface area (Å²) in [6.45, 7) is 0.813. The van der Waals surface area contributed by atoms with Crippen LogP contribution in [-0.2, 0) is 0 Å². The summed E-state index contributed by atoms with van der Waals surface area (Å²) in [5.41, 5.74) is 7.21. The van der Waals surface area contributed by atoms with E-state index in [1.807, 2.05) is 11.8 Å². The molecule has 0 saturated carbocycles. The van der Waals surface area contributed by atoms with Crippen molar-refractivity contribution in [3.8, 4) is 0 Å². The quantitative estimate of drug-likeness (QED) is 0.896. The highest BCUT2D eigenvalue weighted by molar-refractivity contribution is 9.10. The predicted octanol–water partition coefficient (Wildman–Crippen LogP) is 2.85. The lowest BCUT2D eigenvalue weighted by atomic mass is 9.89. The van der Waals surface area contributed by atoms with Gasteiger partial charge in [0, 0.05) is 10.2 Å². The van der Waals surface area contributed by atoms with Crippen molar-refractivity contribution in [2.24, 2.45) is 11.7 Å². The molecule has 1 saturated heterocycles. The molecule has 3 heteroatoms. The van der Waals surface area contributed by atoms with Crippen LogP contribution in [0.2, 0.25) is 0 Å². The van der Waals surface area contributed by atoms with Gasteiger partial charge in [0.25, 0.3) is 0 Å². The van der Waals surface area contributed by atoms with Gasteiger partial charge >= 0.3 is 0 Å². The minimum atomic E-state index is 0.665. The first-order valence-corrected chi connectivity index (χ1v) is 6.79. The maximum Gasteiger partial charge on any atom is 0.0175 e. The fourth-order valence-electron chi connectivity index (χ4n) is 1.91. The average molecular weight is 272 g/mol. The van der Waals surface area contributed by atoms with E-state index in [9.17, 15) is 0 Å². The largest absolute Gasteiger partial charge is 0.330 e. The molecule has 0 aliphatic carbocycles. The van der Waals surface area contributed by atoms with E-state index in [1.54, 1.807) is 0 Å². The van der Waals surface area contributed by atoms with Gasteiger partial charge in [-0.3, -0.25) is 0 Å². The Morgan fingerprint density at radius 1 is 1.29 bits per heavy atom. The van der Waals surface area contributed by atoms with Gasteiger partial charge in [0.05, 0.1) is 0 Å². The molecule has 1 fully saturated rings. The monoisotopic (exact) mass is 271 g/mol. The Balaban J connectivity index is 2.17. The molecule has 2 unspecified atom stereocenters. The fourth-order valence-corrected chi connectivity index (χ4v) is 3.70. The first kappa shape index (κ1) is 10.5. The lowest BCUT2D eigenvalue weighted by molar-refractivity contribution is 0.534. The van der Waals surface area contributed by atoms with Crippen molar-refractivity contribution in [2.45, 2.75) is 5.92 Å². The van der Waals surface area contributed by atoms with Crippen molar-refractivity contribution in [1.82, 2.24) is 0 Å². The second kappa shape index (κ2) is 4.69. The van der Waals surface area contributed by atoms with Crippen LogP contribution in [0.5, 0.6) is 0 Å². The molecule has 1 aliphatic heterocycles. The minimum absolute atomic E-state index is 0.665. The van der Waals surface area contributed by atoms with Crippen molar-refractivity contribution in [1.29, 1.82) is 0 Å². The molecule has 2 N–H and O–H groups in total. The first-order valence-electron chi connectivity index (χ1n) is 4.84. The van der Waals surface area contributed by atoms with Crippen molar-refractivity contribution in [3.63, 3.8) is 0 Å². The number of hydrogen-bond donors (Lipinski definition) is 1. The summed E-state index contributed by atoms with van der Waals surface area (Å²) >= 11 is 5.48. The maximum atomic E-state index is 5.77. The molecule has 0 amide bonds. The first-order chi connectivity index (χ1) is 6.81. The molecular formula is C11H14BrNS. The van der Waals surface area contributed by atoms with E-state index >= 15 is 0 Å². The summed E-state index contributed by atoms with van der Waals surface area (Å²) in [7, 11) is 0. The summed E-state index contributed by atoms with van der Waals surface area (Å²) in [5, 5.41) is 0. The van der Waals surface area contributed by atoms with Gasteiger partial charge < -0.3 is 5.73 Å². The summed E-state index contributed by atoms with van der Waals surface area (Å²) < 4.78 is 1.15. The van der Waals surface area contributed by atoms with Crippen LogP contribution in [0.1, 0.15) is 11.5 Å². The lowest BCUT2D eigenvalue weighted by Gasteiger charge is -2.17. The van der Waals surface area contributed by atoms with Crippen LogP contribution in [0, 0.1) is 5.92 Å². The summed E-state index contributed by atoms with van der Waals surface area (Å²) in [6, 6.07) is 8.66. The van der Waals surface area contributed by atoms with Gasteiger partial charge in [-0.25, -0.2) is 0 Å². The molecule has 14 heavy (non-hydrogen) atoms. The second-order valence-corrected chi connectivity index (χ2v) is 5.68. The van der Waals surface area contributed by atoms with Crippen molar-refractivity contribution >= 4 is 27.7 Å². The highest BCUT2D eigenvalue weighted by atomic mass is 79.9. The second-order valence-electron chi connectivity index (χ2n) is 3.69. The van der Waals surface area contributed by atoms with Gasteiger partial charge in [0.15, 0.2) is 0 Å². The third-order valence-corrected chi connectivity index (χ3v) is 4.59. The van der Waals surface area contributed by atoms with Crippen molar-refractivity contribution < 1.29 is 0 Å². The Bertz CT molecular complexity index is 299. The molecule has 1 aromatic carbocycles. The van der Waals surface area contributed by atoms with Crippen LogP contribution >= 0.6 is 27.7 Å². The highest BCUT2D eigenvalue weighted by Gasteiger charge is 2.27. The Hall–Kier alpha value is 0.01000. The molecule has 0 radical (unpaired) electrons. The Labute approximate surface area is 97.6 Å². The smallest absolute Gasteiger partial charge is 0.0175 e. The van der Waals surface area contributed by atoms with E-state index < -0.39 is 0 Å². The van der Waals surface area contributed by atoms with E-state index in [1.165, 1.54) is 17.1 Å². The summed E-state index contributed by atoms with van der Waals surface area (Å²) in [5.74, 6) is 3.78. The molecule has 0 spiro atoms. The van der Waals surface area contributed by atoms with E-state index in [4.69, 9.17) is 5.73 Å². The highest BCUT2D eigenvalue weighted by Crippen LogP contribution is 2.37. The maximum absolute atomic E-state index is 5.77. The van der Waals surface area contributed by atoms with Crippen molar-refractivity contribution in [2.75, 3.05) is 18.1 Å². The predicted molar refractivity (Wildman–Crippen MR) is 66.8 cm³/mol. The SMILES string of the molecule is NCC1CSCC1c1ccc(Br)cc1. The topological polar surface area (TPSA) is 26.0 Å². The molecule has 0 bridgehead atoms. The van der Waals surface area contributed by atoms with Crippen molar-refractivity contribution in [3.05, 3.63) is 34.3 Å². The molecule has 1 heterocycles. The van der Waals surface area contributed by atoms with Crippen LogP contribution < -0.4 is 5.73 Å². The Morgan fingerprint density at radius 2 is 2.00 bits per heavy atom. The summed E-state index contributed by atoms with van der Waals surface area (Å²) in [4.78, 5) is 0. The number of thioether (sulfide) groups is 1. The number of halogens is 1. The van der Waals surface area contributed by atoms with Crippen LogP contribution in [-0.4, -0.2) is 18.1 Å². The van der Waals surface area contributed by atoms with Gasteiger partial charge in [-0.2, -0.15) is 11.8 Å². The lowest BCUT2D eigenvalue weighted by Crippen LogP contribution is -2.20. The van der Waals surface area contributed by atoms with E-state index in [-0.39, 0.29) is 0 Å². The average Bonchev–Trinajstić information content (AvgIpc) is 2.67. The third kappa shape index (κ3) is 2.15. The zero-order valence-electron chi connectivity index (χ0n) is 7.95. The molecule has 76 valence electrons. The molecule has 1 aromatic rings. The molecule has 1 nitrogen and oxygen atoms in total. The standard InChI is InChI=1S/C11H14BrNS/c12-10-3-1-8(2-4-10)11-7-14-6-9(11)5-13/h1-4,9,11H,5-7,13H2. The van der Waals surface area contributed by atoms with Crippen LogP contribution in [0.3, 0.4) is 0 Å². The minimum Gasteiger partial charge on any atom is -0.330 e. The summed E-state index contributed by atoms with van der Waals surface area (Å²) in [6.07, 6.45) is 0. The van der Waals surface area contributed by atoms with Gasteiger partial charge in [-0.1, -0.05) is 28.1 Å². The van der Waals surface area contributed by atoms with E-state index in [2.05, 4.69) is 40.2 Å². The van der Waals surface area contributed by atoms with Gasteiger partial charge in [0.2, 0.25) is 0 Å². The van der Waals surface area contributed by atoms with Gasteiger partial charge in [0.1, 0.15) is 0 Å². The van der Waals surface area contributed by atoms with Crippen LogP contribution in [0.15, 0.2) is 28.7 Å². The van der Waals surface area contributed by atoms with E-state index in [0.29, 0.717) is 11.8 Å².